The predicted octanol–water partition coefficient (Wildman–Crippen LogP) is 4.43. The number of hydrogen-bond donors (Lipinski definition) is 0. The molecule has 0 N–H and O–H groups in total. The molecule has 0 spiro atoms. The summed E-state index contributed by atoms with van der Waals surface area (Å²) in [5.74, 6) is 0.239. The maximum atomic E-state index is 12.8. The van der Waals surface area contributed by atoms with Gasteiger partial charge in [0, 0.05) is 18.8 Å². The zero-order valence-corrected chi connectivity index (χ0v) is 10.7. The Balaban J connectivity index is 2.44. The average molecular weight is 257 g/mol. The summed E-state index contributed by atoms with van der Waals surface area (Å²) < 4.78 is 38.3. The van der Waals surface area contributed by atoms with Crippen molar-refractivity contribution in [2.45, 2.75) is 38.8 Å². The monoisotopic (exact) mass is 257 g/mol. The first-order valence-corrected chi connectivity index (χ1v) is 6.35. The maximum absolute atomic E-state index is 12.8. The maximum Gasteiger partial charge on any atom is 0.416 e. The second kappa shape index (κ2) is 4.82. The van der Waals surface area contributed by atoms with Gasteiger partial charge in [0.1, 0.15) is 0 Å². The van der Waals surface area contributed by atoms with Gasteiger partial charge in [-0.2, -0.15) is 13.2 Å². The SMILES string of the molecule is CC(C)c1ccc(C(F)(F)F)cc1N1CCCC1. The molecule has 1 aliphatic heterocycles. The van der Waals surface area contributed by atoms with Crippen LogP contribution in [0.25, 0.3) is 0 Å². The van der Waals surface area contributed by atoms with Gasteiger partial charge in [0.05, 0.1) is 5.56 Å². The van der Waals surface area contributed by atoms with Crippen molar-refractivity contribution in [1.29, 1.82) is 0 Å². The highest BCUT2D eigenvalue weighted by atomic mass is 19.4. The van der Waals surface area contributed by atoms with Crippen LogP contribution in [0, 0.1) is 0 Å². The van der Waals surface area contributed by atoms with Gasteiger partial charge in [-0.1, -0.05) is 19.9 Å². The number of nitrogens with zero attached hydrogens (tertiary/aromatic N) is 1. The van der Waals surface area contributed by atoms with Crippen molar-refractivity contribution >= 4 is 5.69 Å². The van der Waals surface area contributed by atoms with E-state index >= 15 is 0 Å². The molecular formula is C14H18F3N. The van der Waals surface area contributed by atoms with Crippen LogP contribution in [0.5, 0.6) is 0 Å². The number of anilines is 1. The Kier molecular flexibility index (Phi) is 3.55. The van der Waals surface area contributed by atoms with E-state index < -0.39 is 11.7 Å². The minimum atomic E-state index is -4.26. The van der Waals surface area contributed by atoms with Crippen molar-refractivity contribution in [1.82, 2.24) is 0 Å². The molecule has 0 amide bonds. The van der Waals surface area contributed by atoms with E-state index in [1.165, 1.54) is 12.1 Å². The van der Waals surface area contributed by atoms with Crippen LogP contribution in [0.1, 0.15) is 43.7 Å². The molecule has 1 aromatic carbocycles. The van der Waals surface area contributed by atoms with Gasteiger partial charge >= 0.3 is 6.18 Å². The van der Waals surface area contributed by atoms with Crippen LogP contribution in [0.15, 0.2) is 18.2 Å². The normalized spacial score (nSPS) is 16.7. The third kappa shape index (κ3) is 2.62. The van der Waals surface area contributed by atoms with E-state index in [-0.39, 0.29) is 5.92 Å². The molecule has 1 saturated heterocycles. The second-order valence-electron chi connectivity index (χ2n) is 5.12. The van der Waals surface area contributed by atoms with Crippen molar-refractivity contribution in [2.24, 2.45) is 0 Å². The number of benzene rings is 1. The Bertz CT molecular complexity index is 418. The Morgan fingerprint density at radius 3 is 2.22 bits per heavy atom. The summed E-state index contributed by atoms with van der Waals surface area (Å²) in [6.07, 6.45) is -2.13. The largest absolute Gasteiger partial charge is 0.416 e. The van der Waals surface area contributed by atoms with Gasteiger partial charge in [0.15, 0.2) is 0 Å². The highest BCUT2D eigenvalue weighted by molar-refractivity contribution is 5.57. The van der Waals surface area contributed by atoms with Gasteiger partial charge in [-0.3, -0.25) is 0 Å². The molecule has 0 aliphatic carbocycles. The minimum absolute atomic E-state index is 0.239. The molecule has 0 saturated carbocycles. The van der Waals surface area contributed by atoms with E-state index in [0.717, 1.165) is 37.2 Å². The van der Waals surface area contributed by atoms with Gasteiger partial charge < -0.3 is 4.90 Å². The summed E-state index contributed by atoms with van der Waals surface area (Å²) in [5.41, 5.74) is 1.22. The Labute approximate surface area is 106 Å². The number of hydrogen-bond acceptors (Lipinski definition) is 1. The molecule has 0 radical (unpaired) electrons. The van der Waals surface area contributed by atoms with Gasteiger partial charge in [0.25, 0.3) is 0 Å². The van der Waals surface area contributed by atoms with Crippen molar-refractivity contribution in [3.63, 3.8) is 0 Å². The fourth-order valence-corrected chi connectivity index (χ4v) is 2.44. The van der Waals surface area contributed by atoms with E-state index in [9.17, 15) is 13.2 Å². The molecular weight excluding hydrogens is 239 g/mol. The predicted molar refractivity (Wildman–Crippen MR) is 67.0 cm³/mol. The third-order valence-electron chi connectivity index (χ3n) is 3.43. The second-order valence-corrected chi connectivity index (χ2v) is 5.12. The molecule has 0 unspecified atom stereocenters. The van der Waals surface area contributed by atoms with E-state index in [1.807, 2.05) is 13.8 Å². The van der Waals surface area contributed by atoms with Crippen LogP contribution in [0.3, 0.4) is 0 Å². The highest BCUT2D eigenvalue weighted by Crippen LogP contribution is 2.36. The van der Waals surface area contributed by atoms with Gasteiger partial charge in [-0.25, -0.2) is 0 Å². The van der Waals surface area contributed by atoms with Gasteiger partial charge in [-0.15, -0.1) is 0 Å². The summed E-state index contributed by atoms with van der Waals surface area (Å²) in [5, 5.41) is 0. The van der Waals surface area contributed by atoms with Crippen molar-refractivity contribution in [3.8, 4) is 0 Å². The van der Waals surface area contributed by atoms with Crippen LogP contribution in [-0.2, 0) is 6.18 Å². The lowest BCUT2D eigenvalue weighted by molar-refractivity contribution is -0.137. The van der Waals surface area contributed by atoms with Crippen LogP contribution in [0.4, 0.5) is 18.9 Å². The first kappa shape index (κ1) is 13.2. The lowest BCUT2D eigenvalue weighted by atomic mass is 9.98. The Morgan fingerprint density at radius 1 is 1.11 bits per heavy atom. The number of halogens is 3. The smallest absolute Gasteiger partial charge is 0.371 e. The lowest BCUT2D eigenvalue weighted by Crippen LogP contribution is -2.20. The fraction of sp³-hybridized carbons (Fsp3) is 0.571. The zero-order chi connectivity index (χ0) is 13.3. The summed E-state index contributed by atoms with van der Waals surface area (Å²) in [6, 6.07) is 4.12. The Hall–Kier alpha value is -1.19. The van der Waals surface area contributed by atoms with Crippen LogP contribution in [0.2, 0.25) is 0 Å². The highest BCUT2D eigenvalue weighted by Gasteiger charge is 2.32. The topological polar surface area (TPSA) is 3.24 Å². The summed E-state index contributed by atoms with van der Waals surface area (Å²) in [6.45, 7) is 5.76. The molecule has 0 bridgehead atoms. The van der Waals surface area contributed by atoms with Crippen LogP contribution < -0.4 is 4.90 Å². The molecule has 18 heavy (non-hydrogen) atoms. The van der Waals surface area contributed by atoms with Gasteiger partial charge in [0.2, 0.25) is 0 Å². The molecule has 1 aromatic rings. The molecule has 1 fully saturated rings. The summed E-state index contributed by atoms with van der Waals surface area (Å²) in [4.78, 5) is 2.07. The molecule has 100 valence electrons. The molecule has 1 heterocycles. The summed E-state index contributed by atoms with van der Waals surface area (Å²) in [7, 11) is 0. The molecule has 4 heteroatoms. The first-order valence-electron chi connectivity index (χ1n) is 6.35. The zero-order valence-electron chi connectivity index (χ0n) is 10.7. The number of rotatable bonds is 2. The average Bonchev–Trinajstić information content (AvgIpc) is 2.80. The van der Waals surface area contributed by atoms with Crippen molar-refractivity contribution in [2.75, 3.05) is 18.0 Å². The van der Waals surface area contributed by atoms with E-state index in [2.05, 4.69) is 4.90 Å². The fourth-order valence-electron chi connectivity index (χ4n) is 2.44. The quantitative estimate of drug-likeness (QED) is 0.757. The van der Waals surface area contributed by atoms with Crippen molar-refractivity contribution < 1.29 is 13.2 Å². The van der Waals surface area contributed by atoms with E-state index in [1.54, 1.807) is 6.07 Å². The summed E-state index contributed by atoms with van der Waals surface area (Å²) >= 11 is 0. The first-order chi connectivity index (χ1) is 8.39. The molecule has 2 rings (SSSR count). The number of alkyl halides is 3. The van der Waals surface area contributed by atoms with E-state index in [4.69, 9.17) is 0 Å². The Morgan fingerprint density at radius 2 is 1.72 bits per heavy atom. The third-order valence-corrected chi connectivity index (χ3v) is 3.43. The van der Waals surface area contributed by atoms with Crippen LogP contribution >= 0.6 is 0 Å². The lowest BCUT2D eigenvalue weighted by Gasteiger charge is -2.24. The molecule has 0 aromatic heterocycles. The van der Waals surface area contributed by atoms with E-state index in [0.29, 0.717) is 0 Å². The minimum Gasteiger partial charge on any atom is -0.371 e. The molecule has 1 nitrogen and oxygen atoms in total. The van der Waals surface area contributed by atoms with Gasteiger partial charge in [-0.05, 0) is 36.5 Å². The van der Waals surface area contributed by atoms with Crippen molar-refractivity contribution in [3.05, 3.63) is 29.3 Å². The molecule has 0 atom stereocenters. The standard InChI is InChI=1S/C14H18F3N/c1-10(2)12-6-5-11(14(15,16)17)9-13(12)18-7-3-4-8-18/h5-6,9-10H,3-4,7-8H2,1-2H3. The van der Waals surface area contributed by atoms with Crippen LogP contribution in [-0.4, -0.2) is 13.1 Å². The molecule has 1 aliphatic rings.